The summed E-state index contributed by atoms with van der Waals surface area (Å²) in [4.78, 5) is 10.0. The molecule has 0 radical (unpaired) electrons. The molecule has 0 aliphatic heterocycles. The van der Waals surface area contributed by atoms with Gasteiger partial charge >= 0.3 is 6.18 Å². The highest BCUT2D eigenvalue weighted by Gasteiger charge is 2.26. The second-order valence-corrected chi connectivity index (χ2v) is 4.00. The fourth-order valence-corrected chi connectivity index (χ4v) is 1.49. The zero-order chi connectivity index (χ0) is 13.8. The Labute approximate surface area is 106 Å². The Kier molecular flexibility index (Phi) is 4.77. The van der Waals surface area contributed by atoms with Gasteiger partial charge in [-0.15, -0.1) is 0 Å². The minimum atomic E-state index is -4.22. The van der Waals surface area contributed by atoms with Crippen molar-refractivity contribution in [1.29, 1.82) is 0 Å². The largest absolute Gasteiger partial charge is 0.389 e. The molecular weight excluding hydrogens is 273 g/mol. The van der Waals surface area contributed by atoms with Crippen molar-refractivity contribution in [2.24, 2.45) is 0 Å². The zero-order valence-electron chi connectivity index (χ0n) is 9.13. The van der Waals surface area contributed by atoms with E-state index in [1.807, 2.05) is 0 Å². The molecule has 4 nitrogen and oxygen atoms in total. The Balaban J connectivity index is 2.61. The van der Waals surface area contributed by atoms with E-state index in [2.05, 4.69) is 5.32 Å². The molecule has 1 aromatic rings. The molecule has 8 heteroatoms. The van der Waals surface area contributed by atoms with Crippen LogP contribution in [0.4, 0.5) is 24.5 Å². The van der Waals surface area contributed by atoms with Crippen molar-refractivity contribution in [3.63, 3.8) is 0 Å². The van der Waals surface area contributed by atoms with E-state index >= 15 is 0 Å². The Morgan fingerprint density at radius 3 is 2.61 bits per heavy atom. The quantitative estimate of drug-likeness (QED) is 0.504. The fraction of sp³-hybridized carbons (Fsp3) is 0.400. The first-order chi connectivity index (χ1) is 8.29. The Morgan fingerprint density at radius 1 is 1.39 bits per heavy atom. The van der Waals surface area contributed by atoms with Crippen LogP contribution in [0.25, 0.3) is 0 Å². The molecule has 1 N–H and O–H groups in total. The Bertz CT molecular complexity index is 438. The maximum Gasteiger partial charge on any atom is 0.389 e. The maximum atomic E-state index is 11.9. The van der Waals surface area contributed by atoms with E-state index in [-0.39, 0.29) is 29.4 Å². The summed E-state index contributed by atoms with van der Waals surface area (Å²) in [5, 5.41) is 13.5. The number of alkyl halides is 3. The number of nitrogens with one attached hydrogen (secondary N) is 1. The Morgan fingerprint density at radius 2 is 2.06 bits per heavy atom. The molecule has 0 fully saturated rings. The molecule has 0 amide bonds. The molecular formula is C10H10ClF3N2O2. The van der Waals surface area contributed by atoms with Gasteiger partial charge in [0.05, 0.1) is 4.92 Å². The molecule has 1 rings (SSSR count). The maximum absolute atomic E-state index is 11.9. The van der Waals surface area contributed by atoms with Crippen LogP contribution in [-0.2, 0) is 0 Å². The van der Waals surface area contributed by atoms with Crippen LogP contribution in [0.1, 0.15) is 12.8 Å². The SMILES string of the molecule is O=[N+]([O-])c1ccc(Cl)cc1NCCCC(F)(F)F. The number of anilines is 1. The van der Waals surface area contributed by atoms with E-state index in [1.165, 1.54) is 18.2 Å². The van der Waals surface area contributed by atoms with Crippen molar-refractivity contribution in [3.8, 4) is 0 Å². The van der Waals surface area contributed by atoms with Gasteiger partial charge in [-0.3, -0.25) is 10.1 Å². The molecule has 18 heavy (non-hydrogen) atoms. The van der Waals surface area contributed by atoms with E-state index in [9.17, 15) is 23.3 Å². The molecule has 0 aliphatic rings. The average Bonchev–Trinajstić information content (AvgIpc) is 2.22. The third kappa shape index (κ3) is 4.79. The minimum absolute atomic E-state index is 0.0132. The van der Waals surface area contributed by atoms with Crippen molar-refractivity contribution in [2.75, 3.05) is 11.9 Å². The molecule has 0 heterocycles. The minimum Gasteiger partial charge on any atom is -0.379 e. The molecule has 100 valence electrons. The normalized spacial score (nSPS) is 11.3. The van der Waals surface area contributed by atoms with Crippen molar-refractivity contribution in [2.45, 2.75) is 19.0 Å². The van der Waals surface area contributed by atoms with E-state index < -0.39 is 17.5 Å². The van der Waals surface area contributed by atoms with Crippen LogP contribution in [0.5, 0.6) is 0 Å². The van der Waals surface area contributed by atoms with Crippen LogP contribution in [0.15, 0.2) is 18.2 Å². The third-order valence-corrected chi connectivity index (χ3v) is 2.34. The summed E-state index contributed by atoms with van der Waals surface area (Å²) in [5.74, 6) is 0. The number of hydrogen-bond donors (Lipinski definition) is 1. The zero-order valence-corrected chi connectivity index (χ0v) is 9.88. The second kappa shape index (κ2) is 5.90. The summed E-state index contributed by atoms with van der Waals surface area (Å²) >= 11 is 5.66. The van der Waals surface area contributed by atoms with Gasteiger partial charge in [-0.2, -0.15) is 13.2 Å². The summed E-state index contributed by atoms with van der Waals surface area (Å²) in [5.41, 5.74) is -0.0962. The summed E-state index contributed by atoms with van der Waals surface area (Å²) in [6.07, 6.45) is -5.32. The third-order valence-electron chi connectivity index (χ3n) is 2.11. The highest BCUT2D eigenvalue weighted by atomic mass is 35.5. The van der Waals surface area contributed by atoms with E-state index in [1.54, 1.807) is 0 Å². The number of benzene rings is 1. The molecule has 0 atom stereocenters. The molecule has 0 unspecified atom stereocenters. The lowest BCUT2D eigenvalue weighted by Crippen LogP contribution is -2.11. The van der Waals surface area contributed by atoms with Gasteiger partial charge in [-0.05, 0) is 18.6 Å². The van der Waals surface area contributed by atoms with Gasteiger partial charge in [0.1, 0.15) is 5.69 Å². The molecule has 0 saturated carbocycles. The van der Waals surface area contributed by atoms with E-state index in [0.717, 1.165) is 0 Å². The second-order valence-electron chi connectivity index (χ2n) is 3.56. The number of nitrogens with zero attached hydrogens (tertiary/aromatic N) is 1. The standard InChI is InChI=1S/C10H10ClF3N2O2/c11-7-2-3-9(16(17)18)8(6-7)15-5-1-4-10(12,13)14/h2-3,6,15H,1,4-5H2. The smallest absolute Gasteiger partial charge is 0.379 e. The Hall–Kier alpha value is -1.50. The van der Waals surface area contributed by atoms with Crippen LogP contribution in [-0.4, -0.2) is 17.6 Å². The summed E-state index contributed by atoms with van der Waals surface area (Å²) in [6, 6.07) is 3.86. The summed E-state index contributed by atoms with van der Waals surface area (Å²) in [6.45, 7) is -0.0132. The number of hydrogen-bond acceptors (Lipinski definition) is 3. The topological polar surface area (TPSA) is 55.2 Å². The van der Waals surface area contributed by atoms with Gasteiger partial charge in [0.2, 0.25) is 0 Å². The van der Waals surface area contributed by atoms with Crippen molar-refractivity contribution < 1.29 is 18.1 Å². The lowest BCUT2D eigenvalue weighted by atomic mass is 10.2. The van der Waals surface area contributed by atoms with Crippen LogP contribution in [0, 0.1) is 10.1 Å². The van der Waals surface area contributed by atoms with Gasteiger partial charge < -0.3 is 5.32 Å². The first kappa shape index (κ1) is 14.6. The number of rotatable bonds is 5. The first-order valence-corrected chi connectivity index (χ1v) is 5.42. The molecule has 0 bridgehead atoms. The highest BCUT2D eigenvalue weighted by Crippen LogP contribution is 2.28. The predicted molar refractivity (Wildman–Crippen MR) is 61.9 cm³/mol. The van der Waals surface area contributed by atoms with E-state index in [0.29, 0.717) is 0 Å². The molecule has 0 aliphatic carbocycles. The molecule has 0 spiro atoms. The first-order valence-electron chi connectivity index (χ1n) is 5.04. The van der Waals surface area contributed by atoms with Gasteiger partial charge in [-0.25, -0.2) is 0 Å². The molecule has 0 saturated heterocycles. The summed E-state index contributed by atoms with van der Waals surface area (Å²) in [7, 11) is 0. The van der Waals surface area contributed by atoms with Crippen LogP contribution >= 0.6 is 11.6 Å². The lowest BCUT2D eigenvalue weighted by Gasteiger charge is -2.09. The monoisotopic (exact) mass is 282 g/mol. The fourth-order valence-electron chi connectivity index (χ4n) is 1.32. The molecule has 0 aromatic heterocycles. The van der Waals surface area contributed by atoms with Crippen LogP contribution in [0.2, 0.25) is 5.02 Å². The number of halogens is 4. The van der Waals surface area contributed by atoms with Gasteiger partial charge in [0, 0.05) is 24.1 Å². The predicted octanol–water partition coefficient (Wildman–Crippen LogP) is 4.00. The van der Waals surface area contributed by atoms with Crippen molar-refractivity contribution in [1.82, 2.24) is 0 Å². The lowest BCUT2D eigenvalue weighted by molar-refractivity contribution is -0.384. The van der Waals surface area contributed by atoms with Crippen molar-refractivity contribution in [3.05, 3.63) is 33.3 Å². The van der Waals surface area contributed by atoms with Crippen LogP contribution in [0.3, 0.4) is 0 Å². The summed E-state index contributed by atoms with van der Waals surface area (Å²) < 4.78 is 35.7. The van der Waals surface area contributed by atoms with Gasteiger partial charge in [0.25, 0.3) is 5.69 Å². The molecule has 1 aromatic carbocycles. The van der Waals surface area contributed by atoms with E-state index in [4.69, 9.17) is 11.6 Å². The van der Waals surface area contributed by atoms with Gasteiger partial charge in [0.15, 0.2) is 0 Å². The van der Waals surface area contributed by atoms with Crippen molar-refractivity contribution >= 4 is 23.0 Å². The highest BCUT2D eigenvalue weighted by molar-refractivity contribution is 6.31. The number of nitro groups is 1. The van der Waals surface area contributed by atoms with Crippen LogP contribution < -0.4 is 5.32 Å². The number of nitro benzene ring substituents is 1. The average molecular weight is 283 g/mol. The van der Waals surface area contributed by atoms with Gasteiger partial charge in [-0.1, -0.05) is 11.6 Å².